The fraction of sp³-hybridized carbons (Fsp3) is 0.455. The average molecular weight is 308 g/mol. The number of amides is 1. The number of rotatable bonds is 3. The van der Waals surface area contributed by atoms with Gasteiger partial charge in [-0.3, -0.25) is 4.79 Å². The molecule has 20 heavy (non-hydrogen) atoms. The number of carbonyl (C=O) groups is 2. The Kier molecular flexibility index (Phi) is 3.98. The van der Waals surface area contributed by atoms with Crippen LogP contribution in [0.25, 0.3) is 0 Å². The number of hydrogen-bond donors (Lipinski definition) is 1. The Morgan fingerprint density at radius 3 is 2.75 bits per heavy atom. The number of carboxylic acid groups (broad SMARTS) is 1. The predicted molar refractivity (Wildman–Crippen MR) is 65.4 cm³/mol. The lowest BCUT2D eigenvalue weighted by Crippen LogP contribution is -2.42. The molecule has 0 radical (unpaired) electrons. The van der Waals surface area contributed by atoms with Crippen molar-refractivity contribution in [1.82, 2.24) is 9.47 Å². The summed E-state index contributed by atoms with van der Waals surface area (Å²) >= 11 is 1.26. The molecule has 1 saturated heterocycles. The molecule has 110 valence electrons. The Balaban J connectivity index is 2.22. The first-order chi connectivity index (χ1) is 9.29. The predicted octanol–water partition coefficient (Wildman–Crippen LogP) is 1.65. The van der Waals surface area contributed by atoms with E-state index < -0.39 is 30.6 Å². The summed E-state index contributed by atoms with van der Waals surface area (Å²) in [5.74, 6) is -1.46. The van der Waals surface area contributed by atoms with Crippen LogP contribution in [0.15, 0.2) is 18.3 Å². The van der Waals surface area contributed by atoms with Gasteiger partial charge < -0.3 is 14.6 Å². The Hall–Kier alpha value is -1.64. The number of hydrogen-bond acceptors (Lipinski definition) is 3. The Morgan fingerprint density at radius 1 is 1.45 bits per heavy atom. The first kappa shape index (κ1) is 14.8. The number of alkyl halides is 3. The van der Waals surface area contributed by atoms with Crippen LogP contribution < -0.4 is 0 Å². The number of thioether (sulfide) groups is 1. The molecule has 1 N–H and O–H groups in total. The molecule has 1 atom stereocenters. The van der Waals surface area contributed by atoms with E-state index in [0.29, 0.717) is 0 Å². The van der Waals surface area contributed by atoms with Crippen LogP contribution in [0.1, 0.15) is 10.5 Å². The Labute approximate surface area is 116 Å². The number of nitrogens with zero attached hydrogens (tertiary/aromatic N) is 2. The summed E-state index contributed by atoms with van der Waals surface area (Å²) in [6.45, 7) is -1.28. The molecule has 0 aliphatic carbocycles. The van der Waals surface area contributed by atoms with Crippen molar-refractivity contribution < 1.29 is 27.9 Å². The lowest BCUT2D eigenvalue weighted by Gasteiger charge is -2.21. The van der Waals surface area contributed by atoms with E-state index in [-0.39, 0.29) is 17.3 Å². The normalized spacial score (nSPS) is 19.4. The first-order valence-electron chi connectivity index (χ1n) is 5.63. The Morgan fingerprint density at radius 2 is 2.15 bits per heavy atom. The van der Waals surface area contributed by atoms with E-state index in [9.17, 15) is 22.8 Å². The zero-order chi connectivity index (χ0) is 14.9. The topological polar surface area (TPSA) is 62.5 Å². The summed E-state index contributed by atoms with van der Waals surface area (Å²) < 4.78 is 38.0. The van der Waals surface area contributed by atoms with Gasteiger partial charge in [0.15, 0.2) is 0 Å². The molecule has 0 spiro atoms. The van der Waals surface area contributed by atoms with E-state index in [0.717, 1.165) is 15.7 Å². The molecule has 0 aromatic carbocycles. The quantitative estimate of drug-likeness (QED) is 0.922. The maximum absolute atomic E-state index is 12.4. The Bertz CT molecular complexity index is 529. The minimum absolute atomic E-state index is 0.156. The summed E-state index contributed by atoms with van der Waals surface area (Å²) in [4.78, 5) is 24.3. The van der Waals surface area contributed by atoms with Crippen molar-refractivity contribution in [3.05, 3.63) is 24.0 Å². The average Bonchev–Trinajstić information content (AvgIpc) is 2.93. The lowest BCUT2D eigenvalue weighted by molar-refractivity contribution is -0.142. The first-order valence-corrected chi connectivity index (χ1v) is 6.78. The fourth-order valence-corrected chi connectivity index (χ4v) is 3.08. The SMILES string of the molecule is O=C(O)C1CSCN1C(=O)c1cccn1CC(F)(F)F. The number of aliphatic carboxylic acids is 1. The van der Waals surface area contributed by atoms with Crippen LogP contribution in [0.2, 0.25) is 0 Å². The van der Waals surface area contributed by atoms with Gasteiger partial charge in [-0.15, -0.1) is 11.8 Å². The third-order valence-electron chi connectivity index (χ3n) is 2.83. The zero-order valence-corrected chi connectivity index (χ0v) is 10.9. The van der Waals surface area contributed by atoms with Crippen molar-refractivity contribution >= 4 is 23.6 Å². The molecule has 0 saturated carbocycles. The molecular formula is C11H11F3N2O3S. The minimum atomic E-state index is -4.44. The highest BCUT2D eigenvalue weighted by molar-refractivity contribution is 7.99. The van der Waals surface area contributed by atoms with Crippen molar-refractivity contribution in [2.75, 3.05) is 11.6 Å². The number of carboxylic acids is 1. The fourth-order valence-electron chi connectivity index (χ4n) is 1.93. The third kappa shape index (κ3) is 3.09. The summed E-state index contributed by atoms with van der Waals surface area (Å²) in [5.41, 5.74) is -0.156. The molecule has 2 heterocycles. The molecule has 1 aromatic heterocycles. The van der Waals surface area contributed by atoms with Crippen molar-refractivity contribution in [2.45, 2.75) is 18.8 Å². The van der Waals surface area contributed by atoms with Crippen molar-refractivity contribution in [3.63, 3.8) is 0 Å². The molecule has 1 aliphatic rings. The van der Waals surface area contributed by atoms with Gasteiger partial charge in [-0.1, -0.05) is 0 Å². The van der Waals surface area contributed by atoms with Crippen molar-refractivity contribution in [3.8, 4) is 0 Å². The maximum atomic E-state index is 12.4. The van der Waals surface area contributed by atoms with E-state index in [4.69, 9.17) is 5.11 Å². The second-order valence-corrected chi connectivity index (χ2v) is 5.27. The van der Waals surface area contributed by atoms with Gasteiger partial charge in [-0.05, 0) is 12.1 Å². The van der Waals surface area contributed by atoms with Gasteiger partial charge in [0.1, 0.15) is 18.3 Å². The molecule has 5 nitrogen and oxygen atoms in total. The summed E-state index contributed by atoms with van der Waals surface area (Å²) in [6.07, 6.45) is -3.29. The van der Waals surface area contributed by atoms with Crippen LogP contribution in [-0.4, -0.2) is 50.3 Å². The van der Waals surface area contributed by atoms with Gasteiger partial charge in [-0.2, -0.15) is 13.2 Å². The van der Waals surface area contributed by atoms with Crippen LogP contribution in [-0.2, 0) is 11.3 Å². The smallest absolute Gasteiger partial charge is 0.406 e. The number of halogens is 3. The van der Waals surface area contributed by atoms with Gasteiger partial charge in [0, 0.05) is 11.9 Å². The van der Waals surface area contributed by atoms with E-state index in [2.05, 4.69) is 0 Å². The summed E-state index contributed by atoms with van der Waals surface area (Å²) in [5, 5.41) is 8.99. The van der Waals surface area contributed by atoms with Gasteiger partial charge in [0.05, 0.1) is 5.88 Å². The highest BCUT2D eigenvalue weighted by atomic mass is 32.2. The standard InChI is InChI=1S/C11H11F3N2O3S/c12-11(13,14)5-15-3-1-2-7(15)9(17)16-6-20-4-8(16)10(18)19/h1-3,8H,4-6H2,(H,18,19). The largest absolute Gasteiger partial charge is 0.480 e. The van der Waals surface area contributed by atoms with Crippen molar-refractivity contribution in [1.29, 1.82) is 0 Å². The number of aromatic nitrogens is 1. The van der Waals surface area contributed by atoms with Crippen LogP contribution in [0, 0.1) is 0 Å². The van der Waals surface area contributed by atoms with Crippen LogP contribution >= 0.6 is 11.8 Å². The highest BCUT2D eigenvalue weighted by Gasteiger charge is 2.37. The van der Waals surface area contributed by atoms with E-state index in [1.165, 1.54) is 23.9 Å². The van der Waals surface area contributed by atoms with Crippen molar-refractivity contribution in [2.24, 2.45) is 0 Å². The van der Waals surface area contributed by atoms with Gasteiger partial charge in [0.2, 0.25) is 0 Å². The monoisotopic (exact) mass is 308 g/mol. The van der Waals surface area contributed by atoms with Crippen LogP contribution in [0.3, 0.4) is 0 Å². The third-order valence-corrected chi connectivity index (χ3v) is 3.84. The molecule has 1 aliphatic heterocycles. The molecule has 1 amide bonds. The molecule has 1 aromatic rings. The van der Waals surface area contributed by atoms with E-state index in [1.54, 1.807) is 0 Å². The summed E-state index contributed by atoms with van der Waals surface area (Å²) in [7, 11) is 0. The van der Waals surface area contributed by atoms with Gasteiger partial charge >= 0.3 is 12.1 Å². The van der Waals surface area contributed by atoms with Gasteiger partial charge in [-0.25, -0.2) is 4.79 Å². The molecule has 2 rings (SSSR count). The summed E-state index contributed by atoms with van der Waals surface area (Å²) in [6, 6.07) is 1.59. The van der Waals surface area contributed by atoms with Gasteiger partial charge in [0.25, 0.3) is 5.91 Å². The maximum Gasteiger partial charge on any atom is 0.406 e. The zero-order valence-electron chi connectivity index (χ0n) is 10.1. The number of carbonyl (C=O) groups excluding carboxylic acids is 1. The van der Waals surface area contributed by atoms with E-state index >= 15 is 0 Å². The molecule has 0 bridgehead atoms. The molecule has 1 fully saturated rings. The van der Waals surface area contributed by atoms with Crippen LogP contribution in [0.4, 0.5) is 13.2 Å². The molecular weight excluding hydrogens is 297 g/mol. The lowest BCUT2D eigenvalue weighted by atomic mass is 10.2. The van der Waals surface area contributed by atoms with Crippen LogP contribution in [0.5, 0.6) is 0 Å². The second kappa shape index (κ2) is 5.39. The molecule has 9 heteroatoms. The second-order valence-electron chi connectivity index (χ2n) is 4.27. The minimum Gasteiger partial charge on any atom is -0.480 e. The molecule has 1 unspecified atom stereocenters. The highest BCUT2D eigenvalue weighted by Crippen LogP contribution is 2.25. The van der Waals surface area contributed by atoms with E-state index in [1.807, 2.05) is 0 Å².